The predicted molar refractivity (Wildman–Crippen MR) is 95.5 cm³/mol. The molecule has 2 unspecified atom stereocenters. The Morgan fingerprint density at radius 1 is 1.33 bits per heavy atom. The Morgan fingerprint density at radius 3 is 2.88 bits per heavy atom. The minimum absolute atomic E-state index is 0. The lowest BCUT2D eigenvalue weighted by molar-refractivity contribution is 0.0923. The highest BCUT2D eigenvalue weighted by Crippen LogP contribution is 2.24. The molecule has 0 radical (unpaired) electrons. The average Bonchev–Trinajstić information content (AvgIpc) is 3.17. The van der Waals surface area contributed by atoms with Crippen molar-refractivity contribution in [3.8, 4) is 0 Å². The molecule has 1 amide bonds. The molecule has 3 N–H and O–H groups in total. The van der Waals surface area contributed by atoms with Gasteiger partial charge in [-0.25, -0.2) is 4.68 Å². The first-order valence-electron chi connectivity index (χ1n) is 7.57. The molecule has 132 valence electrons. The largest absolute Gasteiger partial charge is 0.348 e. The van der Waals surface area contributed by atoms with Gasteiger partial charge >= 0.3 is 0 Å². The lowest BCUT2D eigenvalue weighted by Crippen LogP contribution is -2.40. The van der Waals surface area contributed by atoms with Gasteiger partial charge in [0.1, 0.15) is 0 Å². The summed E-state index contributed by atoms with van der Waals surface area (Å²) in [5.41, 5.74) is 6.94. The zero-order chi connectivity index (χ0) is 15.4. The zero-order valence-electron chi connectivity index (χ0n) is 13.2. The summed E-state index contributed by atoms with van der Waals surface area (Å²) in [6, 6.07) is 5.84. The Labute approximate surface area is 153 Å². The number of pyridine rings is 1. The number of nitrogens with zero attached hydrogens (tertiary/aromatic N) is 4. The number of amides is 1. The molecule has 3 rings (SSSR count). The highest BCUT2D eigenvalue weighted by atomic mass is 35.5. The maximum Gasteiger partial charge on any atom is 0.273 e. The number of aromatic nitrogens is 4. The van der Waals surface area contributed by atoms with Crippen molar-refractivity contribution >= 4 is 30.7 Å². The van der Waals surface area contributed by atoms with Crippen molar-refractivity contribution in [2.45, 2.75) is 31.8 Å². The van der Waals surface area contributed by atoms with Gasteiger partial charge in [-0.05, 0) is 37.4 Å². The third-order valence-electron chi connectivity index (χ3n) is 4.10. The molecule has 2 heterocycles. The smallest absolute Gasteiger partial charge is 0.273 e. The minimum atomic E-state index is -0.183. The molecule has 1 aliphatic carbocycles. The molecule has 1 saturated carbocycles. The van der Waals surface area contributed by atoms with Crippen molar-refractivity contribution in [1.82, 2.24) is 25.3 Å². The van der Waals surface area contributed by atoms with Gasteiger partial charge in [-0.3, -0.25) is 9.78 Å². The van der Waals surface area contributed by atoms with E-state index in [0.29, 0.717) is 24.7 Å². The molecule has 0 spiro atoms. The summed E-state index contributed by atoms with van der Waals surface area (Å²) in [5, 5.41) is 11.0. The van der Waals surface area contributed by atoms with Gasteiger partial charge in [0.05, 0.1) is 18.4 Å². The fraction of sp³-hybridized carbons (Fsp3) is 0.467. The summed E-state index contributed by atoms with van der Waals surface area (Å²) < 4.78 is 1.62. The van der Waals surface area contributed by atoms with Crippen LogP contribution in [0.4, 0.5) is 0 Å². The molecule has 7 nitrogen and oxygen atoms in total. The molecule has 2 aromatic rings. The first-order valence-corrected chi connectivity index (χ1v) is 7.57. The number of carbonyl (C=O) groups is 1. The Balaban J connectivity index is 0.00000144. The van der Waals surface area contributed by atoms with Gasteiger partial charge in [0.15, 0.2) is 5.69 Å². The van der Waals surface area contributed by atoms with Gasteiger partial charge in [-0.1, -0.05) is 17.7 Å². The van der Waals surface area contributed by atoms with E-state index in [2.05, 4.69) is 20.6 Å². The lowest BCUT2D eigenvalue weighted by Gasteiger charge is -2.18. The molecule has 2 aromatic heterocycles. The summed E-state index contributed by atoms with van der Waals surface area (Å²) in [6.07, 6.45) is 6.55. The molecule has 9 heteroatoms. The van der Waals surface area contributed by atoms with E-state index in [4.69, 9.17) is 5.73 Å². The Kier molecular flexibility index (Phi) is 8.10. The monoisotopic (exact) mass is 372 g/mol. The second-order valence-corrected chi connectivity index (χ2v) is 5.63. The fourth-order valence-corrected chi connectivity index (χ4v) is 2.89. The summed E-state index contributed by atoms with van der Waals surface area (Å²) >= 11 is 0. The molecular formula is C15H22Cl2N6O. The number of halogens is 2. The topological polar surface area (TPSA) is 98.7 Å². The number of nitrogens with two attached hydrogens (primary N) is 1. The van der Waals surface area contributed by atoms with Gasteiger partial charge in [-0.15, -0.1) is 29.9 Å². The van der Waals surface area contributed by atoms with E-state index in [0.717, 1.165) is 25.0 Å². The molecule has 0 aliphatic heterocycles. The second-order valence-electron chi connectivity index (χ2n) is 5.63. The van der Waals surface area contributed by atoms with Crippen LogP contribution in [-0.2, 0) is 6.54 Å². The van der Waals surface area contributed by atoms with E-state index in [1.54, 1.807) is 17.1 Å². The van der Waals surface area contributed by atoms with Crippen LogP contribution in [0.2, 0.25) is 0 Å². The maximum absolute atomic E-state index is 12.2. The number of carbonyl (C=O) groups excluding carboxylic acids is 1. The highest BCUT2D eigenvalue weighted by Gasteiger charge is 2.28. The third-order valence-corrected chi connectivity index (χ3v) is 4.10. The van der Waals surface area contributed by atoms with Crippen LogP contribution >= 0.6 is 24.8 Å². The van der Waals surface area contributed by atoms with E-state index >= 15 is 0 Å². The summed E-state index contributed by atoms with van der Waals surface area (Å²) in [5.74, 6) is 0.185. The standard InChI is InChI=1S/C15H20N6O.2ClH/c16-8-11-4-3-6-13(11)18-15(22)14-10-21(20-19-14)9-12-5-1-2-7-17-12;;/h1-2,5,7,10-11,13H,3-4,6,8-9,16H2,(H,18,22);2*1H. The van der Waals surface area contributed by atoms with Crippen LogP contribution in [0.15, 0.2) is 30.6 Å². The lowest BCUT2D eigenvalue weighted by atomic mass is 10.0. The average molecular weight is 373 g/mol. The molecule has 2 atom stereocenters. The van der Waals surface area contributed by atoms with E-state index < -0.39 is 0 Å². The van der Waals surface area contributed by atoms with E-state index in [1.165, 1.54) is 0 Å². The van der Waals surface area contributed by atoms with Crippen molar-refractivity contribution in [3.05, 3.63) is 42.0 Å². The van der Waals surface area contributed by atoms with Gasteiger partial charge in [0.25, 0.3) is 5.91 Å². The third kappa shape index (κ3) is 4.90. The van der Waals surface area contributed by atoms with Gasteiger partial charge < -0.3 is 11.1 Å². The van der Waals surface area contributed by atoms with Crippen LogP contribution in [0, 0.1) is 5.92 Å². The van der Waals surface area contributed by atoms with Crippen molar-refractivity contribution in [3.63, 3.8) is 0 Å². The predicted octanol–water partition coefficient (Wildman–Crippen LogP) is 1.42. The van der Waals surface area contributed by atoms with Crippen molar-refractivity contribution in [1.29, 1.82) is 0 Å². The molecule has 1 aliphatic rings. The Morgan fingerprint density at radius 2 is 2.17 bits per heavy atom. The maximum atomic E-state index is 12.2. The fourth-order valence-electron chi connectivity index (χ4n) is 2.89. The van der Waals surface area contributed by atoms with Crippen LogP contribution in [0.5, 0.6) is 0 Å². The Hall–Kier alpha value is -1.70. The van der Waals surface area contributed by atoms with Crippen LogP contribution in [0.1, 0.15) is 35.4 Å². The zero-order valence-corrected chi connectivity index (χ0v) is 14.8. The van der Waals surface area contributed by atoms with Gasteiger partial charge in [0.2, 0.25) is 0 Å². The first kappa shape index (κ1) is 20.3. The van der Waals surface area contributed by atoms with E-state index in [-0.39, 0.29) is 36.8 Å². The van der Waals surface area contributed by atoms with Crippen molar-refractivity contribution < 1.29 is 4.79 Å². The molecule has 0 bridgehead atoms. The number of rotatable bonds is 5. The molecule has 24 heavy (non-hydrogen) atoms. The van der Waals surface area contributed by atoms with E-state index in [1.807, 2.05) is 18.2 Å². The van der Waals surface area contributed by atoms with Gasteiger partial charge in [-0.2, -0.15) is 0 Å². The van der Waals surface area contributed by atoms with Crippen LogP contribution in [-0.4, -0.2) is 38.5 Å². The minimum Gasteiger partial charge on any atom is -0.348 e. The SMILES string of the molecule is Cl.Cl.NCC1CCCC1NC(=O)c1cn(Cc2ccccn2)nn1. The first-order chi connectivity index (χ1) is 10.8. The van der Waals surface area contributed by atoms with Crippen LogP contribution in [0.25, 0.3) is 0 Å². The molecule has 1 fully saturated rings. The van der Waals surface area contributed by atoms with E-state index in [9.17, 15) is 4.79 Å². The van der Waals surface area contributed by atoms with Crippen LogP contribution < -0.4 is 11.1 Å². The summed E-state index contributed by atoms with van der Waals surface area (Å²) in [7, 11) is 0. The van der Waals surface area contributed by atoms with Crippen molar-refractivity contribution in [2.75, 3.05) is 6.54 Å². The quantitative estimate of drug-likeness (QED) is 0.826. The number of nitrogens with one attached hydrogen (secondary N) is 1. The second kappa shape index (κ2) is 9.56. The summed E-state index contributed by atoms with van der Waals surface area (Å²) in [4.78, 5) is 16.5. The molecule has 0 saturated heterocycles. The Bertz CT molecular complexity index is 636. The number of hydrogen-bond donors (Lipinski definition) is 2. The molecular weight excluding hydrogens is 351 g/mol. The highest BCUT2D eigenvalue weighted by molar-refractivity contribution is 5.92. The molecule has 0 aromatic carbocycles. The van der Waals surface area contributed by atoms with Crippen LogP contribution in [0.3, 0.4) is 0 Å². The number of hydrogen-bond acceptors (Lipinski definition) is 5. The normalized spacial score (nSPS) is 19.2. The summed E-state index contributed by atoms with van der Waals surface area (Å²) in [6.45, 7) is 1.10. The van der Waals surface area contributed by atoms with Crippen molar-refractivity contribution in [2.24, 2.45) is 11.7 Å². The van der Waals surface area contributed by atoms with Gasteiger partial charge in [0, 0.05) is 12.2 Å².